The minimum atomic E-state index is 0.116. The van der Waals surface area contributed by atoms with Crippen molar-refractivity contribution in [1.29, 1.82) is 0 Å². The van der Waals surface area contributed by atoms with Gasteiger partial charge in [0.2, 0.25) is 5.95 Å². The Balaban J connectivity index is 2.23. The van der Waals surface area contributed by atoms with Gasteiger partial charge in [0, 0.05) is 31.2 Å². The highest BCUT2D eigenvalue weighted by Crippen LogP contribution is 2.24. The predicted molar refractivity (Wildman–Crippen MR) is 70.4 cm³/mol. The lowest BCUT2D eigenvalue weighted by molar-refractivity contribution is 0.138. The van der Waals surface area contributed by atoms with E-state index in [1.807, 2.05) is 0 Å². The second-order valence-corrected chi connectivity index (χ2v) is 5.45. The molecule has 0 atom stereocenters. The number of halogens is 1. The molecule has 0 bridgehead atoms. The minimum Gasteiger partial charge on any atom is -0.368 e. The average Bonchev–Trinajstić information content (AvgIpc) is 2.20. The summed E-state index contributed by atoms with van der Waals surface area (Å²) in [7, 11) is 2.14. The van der Waals surface area contributed by atoms with Crippen LogP contribution >= 0.6 is 11.6 Å². The van der Waals surface area contributed by atoms with Crippen LogP contribution in [0.15, 0.2) is 6.07 Å². The summed E-state index contributed by atoms with van der Waals surface area (Å²) in [6.45, 7) is 7.24. The normalized spacial score (nSPS) is 20.6. The van der Waals surface area contributed by atoms with Gasteiger partial charge in [0.25, 0.3) is 0 Å². The van der Waals surface area contributed by atoms with Crippen LogP contribution in [0, 0.1) is 0 Å². The number of hydrogen-bond donors (Lipinski definition) is 1. The van der Waals surface area contributed by atoms with E-state index < -0.39 is 0 Å². The monoisotopic (exact) mass is 255 g/mol. The number of hydrogen-bond acceptors (Lipinski definition) is 5. The molecule has 1 aliphatic rings. The first-order chi connectivity index (χ1) is 7.88. The molecule has 0 unspecified atom stereocenters. The zero-order valence-corrected chi connectivity index (χ0v) is 11.2. The van der Waals surface area contributed by atoms with Crippen LogP contribution in [0.1, 0.15) is 13.8 Å². The Kier molecular flexibility index (Phi) is 3.14. The van der Waals surface area contributed by atoms with Crippen LogP contribution in [0.5, 0.6) is 0 Å². The lowest BCUT2D eigenvalue weighted by Crippen LogP contribution is -2.57. The number of nitrogens with two attached hydrogens (primary N) is 1. The molecule has 1 fully saturated rings. The van der Waals surface area contributed by atoms with E-state index in [0.717, 1.165) is 25.5 Å². The van der Waals surface area contributed by atoms with E-state index in [0.29, 0.717) is 5.15 Å². The molecule has 2 N–H and O–H groups in total. The Bertz CT molecular complexity index is 400. The first kappa shape index (κ1) is 12.4. The molecule has 0 aliphatic carbocycles. The molecule has 0 radical (unpaired) electrons. The van der Waals surface area contributed by atoms with Crippen molar-refractivity contribution < 1.29 is 0 Å². The van der Waals surface area contributed by atoms with Crippen LogP contribution in [0.4, 0.5) is 11.8 Å². The van der Waals surface area contributed by atoms with Gasteiger partial charge in [-0.25, -0.2) is 4.98 Å². The molecule has 0 amide bonds. The third kappa shape index (κ3) is 2.61. The van der Waals surface area contributed by atoms with Crippen molar-refractivity contribution in [1.82, 2.24) is 14.9 Å². The molecular formula is C11H18ClN5. The Morgan fingerprint density at radius 3 is 2.65 bits per heavy atom. The van der Waals surface area contributed by atoms with Crippen molar-refractivity contribution in [3.05, 3.63) is 11.2 Å². The Labute approximate surface area is 107 Å². The third-order valence-electron chi connectivity index (χ3n) is 3.34. The van der Waals surface area contributed by atoms with E-state index in [1.54, 1.807) is 6.07 Å². The highest BCUT2D eigenvalue weighted by atomic mass is 35.5. The van der Waals surface area contributed by atoms with Gasteiger partial charge in [-0.3, -0.25) is 4.90 Å². The average molecular weight is 256 g/mol. The fourth-order valence-corrected chi connectivity index (χ4v) is 2.20. The molecule has 6 heteroatoms. The molecule has 1 aromatic rings. The topological polar surface area (TPSA) is 58.3 Å². The van der Waals surface area contributed by atoms with Crippen LogP contribution in [-0.4, -0.2) is 47.1 Å². The van der Waals surface area contributed by atoms with E-state index in [1.165, 1.54) is 0 Å². The molecule has 2 rings (SSSR count). The van der Waals surface area contributed by atoms with E-state index in [4.69, 9.17) is 17.3 Å². The van der Waals surface area contributed by atoms with Gasteiger partial charge in [-0.15, -0.1) is 0 Å². The molecule has 1 aliphatic heterocycles. The van der Waals surface area contributed by atoms with Crippen LogP contribution in [0.3, 0.4) is 0 Å². The van der Waals surface area contributed by atoms with Crippen molar-refractivity contribution in [2.75, 3.05) is 37.3 Å². The van der Waals surface area contributed by atoms with Crippen LogP contribution in [0.2, 0.25) is 5.15 Å². The van der Waals surface area contributed by atoms with Gasteiger partial charge in [-0.2, -0.15) is 4.98 Å². The molecule has 5 nitrogen and oxygen atoms in total. The number of aromatic nitrogens is 2. The summed E-state index contributed by atoms with van der Waals surface area (Å²) in [6, 6.07) is 1.76. The fraction of sp³-hybridized carbons (Fsp3) is 0.636. The van der Waals surface area contributed by atoms with E-state index in [9.17, 15) is 0 Å². The molecular weight excluding hydrogens is 238 g/mol. The Morgan fingerprint density at radius 1 is 1.35 bits per heavy atom. The number of piperazine rings is 1. The second-order valence-electron chi connectivity index (χ2n) is 5.06. The van der Waals surface area contributed by atoms with Gasteiger partial charge in [0.05, 0.1) is 0 Å². The van der Waals surface area contributed by atoms with Gasteiger partial charge >= 0.3 is 0 Å². The molecule has 0 aromatic carbocycles. The quantitative estimate of drug-likeness (QED) is 0.766. The summed E-state index contributed by atoms with van der Waals surface area (Å²) in [5, 5.41) is 0.393. The highest BCUT2D eigenvalue weighted by Gasteiger charge is 2.31. The summed E-state index contributed by atoms with van der Waals surface area (Å²) in [5.41, 5.74) is 5.73. The van der Waals surface area contributed by atoms with Gasteiger partial charge in [0.15, 0.2) is 0 Å². The summed E-state index contributed by atoms with van der Waals surface area (Å²) >= 11 is 5.90. The van der Waals surface area contributed by atoms with Crippen molar-refractivity contribution >= 4 is 23.4 Å². The van der Waals surface area contributed by atoms with Crippen LogP contribution in [0.25, 0.3) is 0 Å². The highest BCUT2D eigenvalue weighted by molar-refractivity contribution is 6.29. The van der Waals surface area contributed by atoms with Crippen LogP contribution < -0.4 is 10.6 Å². The largest absolute Gasteiger partial charge is 0.368 e. The standard InChI is InChI=1S/C11H18ClN5/c1-11(2)7-17(5-4-16(11)3)9-6-8(12)14-10(13)15-9/h6H,4-5,7H2,1-3H3,(H2,13,14,15). The first-order valence-electron chi connectivity index (χ1n) is 5.65. The van der Waals surface area contributed by atoms with Crippen molar-refractivity contribution in [2.45, 2.75) is 19.4 Å². The maximum Gasteiger partial charge on any atom is 0.223 e. The molecule has 94 valence electrons. The zero-order chi connectivity index (χ0) is 12.6. The SMILES string of the molecule is CN1CCN(c2cc(Cl)nc(N)n2)CC1(C)C. The summed E-state index contributed by atoms with van der Waals surface area (Å²) in [5.74, 6) is 1.04. The molecule has 0 saturated carbocycles. The summed E-state index contributed by atoms with van der Waals surface area (Å²) in [4.78, 5) is 12.7. The zero-order valence-electron chi connectivity index (χ0n) is 10.4. The lowest BCUT2D eigenvalue weighted by Gasteiger charge is -2.45. The predicted octanol–water partition coefficient (Wildman–Crippen LogP) is 1.24. The molecule has 17 heavy (non-hydrogen) atoms. The van der Waals surface area contributed by atoms with Gasteiger partial charge in [-0.1, -0.05) is 11.6 Å². The fourth-order valence-electron chi connectivity index (χ4n) is 2.02. The van der Waals surface area contributed by atoms with E-state index >= 15 is 0 Å². The number of rotatable bonds is 1. The summed E-state index contributed by atoms with van der Waals surface area (Å²) in [6.07, 6.45) is 0. The number of likely N-dealkylation sites (N-methyl/N-ethyl adjacent to an activating group) is 1. The summed E-state index contributed by atoms with van der Waals surface area (Å²) < 4.78 is 0. The lowest BCUT2D eigenvalue weighted by atomic mass is 10.00. The van der Waals surface area contributed by atoms with Gasteiger partial charge < -0.3 is 10.6 Å². The number of nitrogen functional groups attached to an aromatic ring is 1. The maximum atomic E-state index is 5.90. The van der Waals surface area contributed by atoms with Gasteiger partial charge in [-0.05, 0) is 20.9 Å². The second kappa shape index (κ2) is 4.31. The van der Waals surface area contributed by atoms with Gasteiger partial charge in [0.1, 0.15) is 11.0 Å². The Morgan fingerprint density at radius 2 is 2.06 bits per heavy atom. The maximum absolute atomic E-state index is 5.90. The number of nitrogens with zero attached hydrogens (tertiary/aromatic N) is 4. The van der Waals surface area contributed by atoms with E-state index in [2.05, 4.69) is 40.7 Å². The molecule has 1 aromatic heterocycles. The smallest absolute Gasteiger partial charge is 0.223 e. The number of anilines is 2. The van der Waals surface area contributed by atoms with Crippen LogP contribution in [-0.2, 0) is 0 Å². The molecule has 0 spiro atoms. The first-order valence-corrected chi connectivity index (χ1v) is 6.02. The van der Waals surface area contributed by atoms with Crippen molar-refractivity contribution in [2.24, 2.45) is 0 Å². The molecule has 1 saturated heterocycles. The van der Waals surface area contributed by atoms with E-state index in [-0.39, 0.29) is 11.5 Å². The van der Waals surface area contributed by atoms with Crippen molar-refractivity contribution in [3.8, 4) is 0 Å². The minimum absolute atomic E-state index is 0.116. The third-order valence-corrected chi connectivity index (χ3v) is 3.53. The van der Waals surface area contributed by atoms with Crippen molar-refractivity contribution in [3.63, 3.8) is 0 Å². The Hall–Kier alpha value is -1.07. The molecule has 2 heterocycles.